The smallest absolute Gasteiger partial charge is 0.338 e. The molecule has 0 saturated carbocycles. The van der Waals surface area contributed by atoms with Crippen LogP contribution in [0.2, 0.25) is 5.02 Å². The number of rotatable bonds is 4. The summed E-state index contributed by atoms with van der Waals surface area (Å²) in [7, 11) is 1.57. The zero-order valence-electron chi connectivity index (χ0n) is 11.7. The predicted octanol–water partition coefficient (Wildman–Crippen LogP) is 2.99. The van der Waals surface area contributed by atoms with Crippen molar-refractivity contribution in [3.05, 3.63) is 52.3 Å². The van der Waals surface area contributed by atoms with Gasteiger partial charge in [0.05, 0.1) is 29.1 Å². The van der Waals surface area contributed by atoms with Crippen molar-refractivity contribution in [3.63, 3.8) is 0 Å². The Morgan fingerprint density at radius 2 is 2.10 bits per heavy atom. The first kappa shape index (κ1) is 15.1. The number of nitrogens with two attached hydrogens (primary N) is 1. The number of hydrogen-bond acceptors (Lipinski definition) is 5. The lowest BCUT2D eigenvalue weighted by atomic mass is 10.2. The van der Waals surface area contributed by atoms with Crippen molar-refractivity contribution in [2.75, 3.05) is 12.8 Å². The first-order chi connectivity index (χ1) is 9.99. The van der Waals surface area contributed by atoms with Gasteiger partial charge in [-0.3, -0.25) is 4.98 Å². The molecule has 21 heavy (non-hydrogen) atoms. The molecule has 0 spiro atoms. The van der Waals surface area contributed by atoms with E-state index in [1.807, 2.05) is 6.92 Å². The molecule has 2 aromatic rings. The third-order valence-corrected chi connectivity index (χ3v) is 3.13. The van der Waals surface area contributed by atoms with Gasteiger partial charge >= 0.3 is 5.97 Å². The lowest BCUT2D eigenvalue weighted by Crippen LogP contribution is -2.07. The number of nitrogen functional groups attached to an aromatic ring is 1. The van der Waals surface area contributed by atoms with Crippen molar-refractivity contribution in [3.8, 4) is 5.75 Å². The highest BCUT2D eigenvalue weighted by molar-refractivity contribution is 6.33. The molecule has 0 radical (unpaired) electrons. The normalized spacial score (nSPS) is 10.2. The molecule has 2 rings (SSSR count). The average molecular weight is 307 g/mol. The Hall–Kier alpha value is -2.27. The number of pyridine rings is 1. The van der Waals surface area contributed by atoms with E-state index in [2.05, 4.69) is 4.98 Å². The molecule has 1 heterocycles. The van der Waals surface area contributed by atoms with Crippen LogP contribution in [0.1, 0.15) is 21.7 Å². The summed E-state index contributed by atoms with van der Waals surface area (Å²) in [5.41, 5.74) is 7.75. The number of carbonyl (C=O) groups is 1. The van der Waals surface area contributed by atoms with Crippen LogP contribution in [0.3, 0.4) is 0 Å². The number of nitrogens with zero attached hydrogens (tertiary/aromatic N) is 1. The summed E-state index contributed by atoms with van der Waals surface area (Å²) < 4.78 is 10.4. The second-order valence-electron chi connectivity index (χ2n) is 4.45. The summed E-state index contributed by atoms with van der Waals surface area (Å²) in [6.45, 7) is 1.90. The van der Waals surface area contributed by atoms with Crippen molar-refractivity contribution in [2.24, 2.45) is 0 Å². The number of ether oxygens (including phenoxy) is 2. The summed E-state index contributed by atoms with van der Waals surface area (Å²) >= 11 is 5.87. The zero-order chi connectivity index (χ0) is 15.4. The van der Waals surface area contributed by atoms with Gasteiger partial charge in [-0.05, 0) is 25.1 Å². The molecule has 2 N–H and O–H groups in total. The largest absolute Gasteiger partial charge is 0.497 e. The van der Waals surface area contributed by atoms with E-state index in [9.17, 15) is 4.79 Å². The highest BCUT2D eigenvalue weighted by atomic mass is 35.5. The first-order valence-corrected chi connectivity index (χ1v) is 6.61. The van der Waals surface area contributed by atoms with E-state index in [1.54, 1.807) is 31.4 Å². The van der Waals surface area contributed by atoms with Crippen LogP contribution in [0.5, 0.6) is 5.75 Å². The van der Waals surface area contributed by atoms with Gasteiger partial charge in [-0.1, -0.05) is 11.6 Å². The Bertz CT molecular complexity index is 674. The van der Waals surface area contributed by atoms with Crippen molar-refractivity contribution >= 4 is 23.3 Å². The van der Waals surface area contributed by atoms with Gasteiger partial charge in [-0.15, -0.1) is 0 Å². The topological polar surface area (TPSA) is 74.4 Å². The number of aromatic nitrogens is 1. The molecule has 0 fully saturated rings. The number of methoxy groups -OCH3 is 1. The zero-order valence-corrected chi connectivity index (χ0v) is 12.5. The van der Waals surface area contributed by atoms with Gasteiger partial charge in [-0.2, -0.15) is 0 Å². The standard InChI is InChI=1S/C15H15ClN2O3/c1-9-5-12(20-2)7-11(18-9)8-21-15(19)10-3-4-14(17)13(16)6-10/h3-7H,8,17H2,1-2H3. The first-order valence-electron chi connectivity index (χ1n) is 6.23. The molecule has 0 aliphatic rings. The summed E-state index contributed by atoms with van der Waals surface area (Å²) in [6.07, 6.45) is 0. The molecule has 0 amide bonds. The molecule has 1 aromatic carbocycles. The van der Waals surface area contributed by atoms with Gasteiger partial charge in [0.15, 0.2) is 0 Å². The molecule has 0 atom stereocenters. The van der Waals surface area contributed by atoms with Gasteiger partial charge in [0.2, 0.25) is 0 Å². The minimum atomic E-state index is -0.487. The Morgan fingerprint density at radius 1 is 1.33 bits per heavy atom. The van der Waals surface area contributed by atoms with Crippen LogP contribution >= 0.6 is 11.6 Å². The van der Waals surface area contributed by atoms with E-state index in [1.165, 1.54) is 6.07 Å². The molecule has 0 aliphatic carbocycles. The van der Waals surface area contributed by atoms with Gasteiger partial charge in [0, 0.05) is 17.8 Å². The lowest BCUT2D eigenvalue weighted by Gasteiger charge is -2.08. The number of carbonyl (C=O) groups excluding carboxylic acids is 1. The number of hydrogen-bond donors (Lipinski definition) is 1. The van der Waals surface area contributed by atoms with E-state index >= 15 is 0 Å². The molecule has 110 valence electrons. The highest BCUT2D eigenvalue weighted by Crippen LogP contribution is 2.20. The molecule has 0 unspecified atom stereocenters. The summed E-state index contributed by atoms with van der Waals surface area (Å²) in [5, 5.41) is 0.319. The summed E-state index contributed by atoms with van der Waals surface area (Å²) in [5.74, 6) is 0.184. The second kappa shape index (κ2) is 6.45. The number of halogens is 1. The Labute approximate surface area is 127 Å². The van der Waals surface area contributed by atoms with Crippen LogP contribution < -0.4 is 10.5 Å². The van der Waals surface area contributed by atoms with Crippen molar-refractivity contribution in [1.82, 2.24) is 4.98 Å². The molecule has 5 nitrogen and oxygen atoms in total. The predicted molar refractivity (Wildman–Crippen MR) is 80.5 cm³/mol. The van der Waals surface area contributed by atoms with Gasteiger partial charge < -0.3 is 15.2 Å². The molecular weight excluding hydrogens is 292 g/mol. The molecule has 6 heteroatoms. The van der Waals surface area contributed by atoms with E-state index in [0.29, 0.717) is 27.7 Å². The molecule has 0 saturated heterocycles. The van der Waals surface area contributed by atoms with E-state index in [4.69, 9.17) is 26.8 Å². The van der Waals surface area contributed by atoms with Gasteiger partial charge in [-0.25, -0.2) is 4.79 Å². The van der Waals surface area contributed by atoms with Crippen LogP contribution in [0.4, 0.5) is 5.69 Å². The molecule has 0 bridgehead atoms. The fourth-order valence-electron chi connectivity index (χ4n) is 1.77. The SMILES string of the molecule is COc1cc(C)nc(COC(=O)c2ccc(N)c(Cl)c2)c1. The molecular formula is C15H15ClN2O3. The number of benzene rings is 1. The summed E-state index contributed by atoms with van der Waals surface area (Å²) in [6, 6.07) is 8.12. The lowest BCUT2D eigenvalue weighted by molar-refractivity contribution is 0.0467. The van der Waals surface area contributed by atoms with Crippen molar-refractivity contribution in [2.45, 2.75) is 13.5 Å². The van der Waals surface area contributed by atoms with Crippen LogP contribution in [0.25, 0.3) is 0 Å². The monoisotopic (exact) mass is 306 g/mol. The maximum atomic E-state index is 11.9. The maximum Gasteiger partial charge on any atom is 0.338 e. The average Bonchev–Trinajstić information content (AvgIpc) is 2.47. The third-order valence-electron chi connectivity index (χ3n) is 2.80. The minimum Gasteiger partial charge on any atom is -0.497 e. The van der Waals surface area contributed by atoms with Crippen molar-refractivity contribution in [1.29, 1.82) is 0 Å². The summed E-state index contributed by atoms with van der Waals surface area (Å²) in [4.78, 5) is 16.2. The van der Waals surface area contributed by atoms with Crippen LogP contribution in [-0.4, -0.2) is 18.1 Å². The highest BCUT2D eigenvalue weighted by Gasteiger charge is 2.10. The Morgan fingerprint density at radius 3 is 2.76 bits per heavy atom. The Kier molecular flexibility index (Phi) is 4.65. The number of esters is 1. The fraction of sp³-hybridized carbons (Fsp3) is 0.200. The number of aryl methyl sites for hydroxylation is 1. The molecule has 0 aliphatic heterocycles. The van der Waals surface area contributed by atoms with Gasteiger partial charge in [0.1, 0.15) is 12.4 Å². The maximum absolute atomic E-state index is 11.9. The second-order valence-corrected chi connectivity index (χ2v) is 4.86. The van der Waals surface area contributed by atoms with E-state index in [0.717, 1.165) is 5.69 Å². The quantitative estimate of drug-likeness (QED) is 0.694. The fourth-order valence-corrected chi connectivity index (χ4v) is 1.95. The van der Waals surface area contributed by atoms with Crippen molar-refractivity contribution < 1.29 is 14.3 Å². The van der Waals surface area contributed by atoms with Crippen LogP contribution in [0, 0.1) is 6.92 Å². The molecule has 1 aromatic heterocycles. The Balaban J connectivity index is 2.07. The number of anilines is 1. The van der Waals surface area contributed by atoms with E-state index < -0.39 is 5.97 Å². The minimum absolute atomic E-state index is 0.0544. The van der Waals surface area contributed by atoms with Crippen LogP contribution in [0.15, 0.2) is 30.3 Å². The van der Waals surface area contributed by atoms with E-state index in [-0.39, 0.29) is 6.61 Å². The third kappa shape index (κ3) is 3.86. The van der Waals surface area contributed by atoms with Gasteiger partial charge in [0.25, 0.3) is 0 Å². The van der Waals surface area contributed by atoms with Crippen LogP contribution in [-0.2, 0) is 11.3 Å².